The number of hydrogen-bond donors (Lipinski definition) is 1. The molecule has 1 N–H and O–H groups in total. The summed E-state index contributed by atoms with van der Waals surface area (Å²) in [6, 6.07) is 14.8. The van der Waals surface area contributed by atoms with Gasteiger partial charge in [0, 0.05) is 25.8 Å². The molecule has 174 valence electrons. The number of carbonyl (C=O) groups excluding carboxylic acids is 1. The first kappa shape index (κ1) is 23.9. The zero-order chi connectivity index (χ0) is 23.3. The van der Waals surface area contributed by atoms with Gasteiger partial charge in [0.25, 0.3) is 5.91 Å². The molecule has 0 unspecified atom stereocenters. The number of amides is 1. The molecule has 0 spiro atoms. The van der Waals surface area contributed by atoms with Gasteiger partial charge in [-0.25, -0.2) is 8.42 Å². The van der Waals surface area contributed by atoms with Gasteiger partial charge in [0.1, 0.15) is 5.75 Å². The van der Waals surface area contributed by atoms with Crippen molar-refractivity contribution in [3.05, 3.63) is 54.1 Å². The second-order valence-corrected chi connectivity index (χ2v) is 10.6. The first-order chi connectivity index (χ1) is 15.1. The number of sulfonamides is 1. The Kier molecular flexibility index (Phi) is 7.66. The number of hydrogen-bond acceptors (Lipinski definition) is 5. The number of nitrogens with zero attached hydrogens (tertiary/aromatic N) is 2. The van der Waals surface area contributed by atoms with Gasteiger partial charge < -0.3 is 15.0 Å². The summed E-state index contributed by atoms with van der Waals surface area (Å²) in [5, 5.41) is 2.96. The largest absolute Gasteiger partial charge is 0.484 e. The van der Waals surface area contributed by atoms with Crippen molar-refractivity contribution in [3.8, 4) is 5.75 Å². The molecule has 1 fully saturated rings. The molecular formula is C24H33N3O4S. The van der Waals surface area contributed by atoms with Crippen LogP contribution in [0.15, 0.2) is 48.5 Å². The molecule has 8 heteroatoms. The zero-order valence-corrected chi connectivity index (χ0v) is 20.1. The minimum absolute atomic E-state index is 0.116. The Morgan fingerprint density at radius 2 is 1.84 bits per heavy atom. The van der Waals surface area contributed by atoms with Crippen LogP contribution in [0, 0.1) is 5.92 Å². The maximum atomic E-state index is 12.3. The summed E-state index contributed by atoms with van der Waals surface area (Å²) in [6.07, 6.45) is 3.67. The van der Waals surface area contributed by atoms with Crippen molar-refractivity contribution in [2.45, 2.75) is 32.7 Å². The van der Waals surface area contributed by atoms with E-state index in [1.54, 1.807) is 24.3 Å². The van der Waals surface area contributed by atoms with Crippen LogP contribution in [0.25, 0.3) is 0 Å². The highest BCUT2D eigenvalue weighted by Crippen LogP contribution is 2.25. The van der Waals surface area contributed by atoms with E-state index in [2.05, 4.69) is 41.4 Å². The normalized spacial score (nSPS) is 17.5. The summed E-state index contributed by atoms with van der Waals surface area (Å²) < 4.78 is 29.9. The third kappa shape index (κ3) is 6.38. The molecule has 2 atom stereocenters. The van der Waals surface area contributed by atoms with E-state index < -0.39 is 10.0 Å². The summed E-state index contributed by atoms with van der Waals surface area (Å²) in [5.41, 5.74) is 2.80. The Morgan fingerprint density at radius 3 is 2.44 bits per heavy atom. The van der Waals surface area contributed by atoms with Crippen LogP contribution in [0.2, 0.25) is 0 Å². The molecule has 0 aliphatic carbocycles. The lowest BCUT2D eigenvalue weighted by Gasteiger charge is -2.33. The van der Waals surface area contributed by atoms with Crippen LogP contribution in [0.5, 0.6) is 5.75 Å². The van der Waals surface area contributed by atoms with Crippen LogP contribution < -0.4 is 19.3 Å². The van der Waals surface area contributed by atoms with E-state index in [0.29, 0.717) is 11.4 Å². The Bertz CT molecular complexity index is 1010. The first-order valence-corrected chi connectivity index (χ1v) is 12.8. The van der Waals surface area contributed by atoms with Gasteiger partial charge in [-0.15, -0.1) is 0 Å². The fourth-order valence-electron chi connectivity index (χ4n) is 3.86. The van der Waals surface area contributed by atoms with Gasteiger partial charge in [-0.1, -0.05) is 19.1 Å². The minimum atomic E-state index is -3.32. The molecule has 2 aromatic carbocycles. The van der Waals surface area contributed by atoms with Crippen molar-refractivity contribution in [1.82, 2.24) is 5.32 Å². The van der Waals surface area contributed by atoms with Gasteiger partial charge in [0.05, 0.1) is 18.0 Å². The summed E-state index contributed by atoms with van der Waals surface area (Å²) in [6.45, 7) is 6.32. The number of nitrogens with one attached hydrogen (secondary N) is 1. The van der Waals surface area contributed by atoms with Crippen molar-refractivity contribution in [2.24, 2.45) is 5.92 Å². The number of carbonyl (C=O) groups is 1. The Morgan fingerprint density at radius 1 is 1.19 bits per heavy atom. The Labute approximate surface area is 191 Å². The molecule has 1 amide bonds. The van der Waals surface area contributed by atoms with E-state index in [-0.39, 0.29) is 18.6 Å². The molecule has 0 saturated carbocycles. The Balaban J connectivity index is 1.49. The second-order valence-electron chi connectivity index (χ2n) is 8.59. The maximum Gasteiger partial charge on any atom is 0.258 e. The molecule has 1 heterocycles. The van der Waals surface area contributed by atoms with E-state index in [1.807, 2.05) is 6.92 Å². The number of rotatable bonds is 8. The molecule has 3 rings (SSSR count). The average molecular weight is 460 g/mol. The van der Waals surface area contributed by atoms with E-state index in [1.165, 1.54) is 29.9 Å². The molecular weight excluding hydrogens is 426 g/mol. The van der Waals surface area contributed by atoms with Crippen molar-refractivity contribution in [2.75, 3.05) is 42.2 Å². The maximum absolute atomic E-state index is 12.3. The van der Waals surface area contributed by atoms with Gasteiger partial charge >= 0.3 is 0 Å². The number of anilines is 2. The van der Waals surface area contributed by atoms with Crippen LogP contribution in [0.3, 0.4) is 0 Å². The number of ether oxygens (including phenoxy) is 1. The fraction of sp³-hybridized carbons (Fsp3) is 0.458. The van der Waals surface area contributed by atoms with Crippen LogP contribution in [0.4, 0.5) is 11.4 Å². The van der Waals surface area contributed by atoms with Crippen molar-refractivity contribution >= 4 is 27.3 Å². The predicted molar refractivity (Wildman–Crippen MR) is 129 cm³/mol. The van der Waals surface area contributed by atoms with Crippen molar-refractivity contribution < 1.29 is 17.9 Å². The highest BCUT2D eigenvalue weighted by Gasteiger charge is 2.17. The van der Waals surface area contributed by atoms with Gasteiger partial charge in [-0.3, -0.25) is 9.10 Å². The summed E-state index contributed by atoms with van der Waals surface area (Å²) >= 11 is 0. The highest BCUT2D eigenvalue weighted by atomic mass is 32.2. The molecule has 1 aliphatic rings. The molecule has 7 nitrogen and oxygen atoms in total. The van der Waals surface area contributed by atoms with Gasteiger partial charge in [-0.05, 0) is 67.6 Å². The van der Waals surface area contributed by atoms with Gasteiger partial charge in [-0.2, -0.15) is 0 Å². The lowest BCUT2D eigenvalue weighted by atomic mass is 9.99. The van der Waals surface area contributed by atoms with E-state index in [0.717, 1.165) is 30.8 Å². The lowest BCUT2D eigenvalue weighted by molar-refractivity contribution is -0.123. The highest BCUT2D eigenvalue weighted by molar-refractivity contribution is 7.92. The summed E-state index contributed by atoms with van der Waals surface area (Å²) in [5.74, 6) is 1.00. The minimum Gasteiger partial charge on any atom is -0.484 e. The van der Waals surface area contributed by atoms with Crippen LogP contribution in [0.1, 0.15) is 38.3 Å². The monoisotopic (exact) mass is 459 g/mol. The zero-order valence-electron chi connectivity index (χ0n) is 19.2. The summed E-state index contributed by atoms with van der Waals surface area (Å²) in [4.78, 5) is 14.7. The van der Waals surface area contributed by atoms with Crippen LogP contribution in [-0.4, -0.2) is 47.3 Å². The molecule has 0 bridgehead atoms. The van der Waals surface area contributed by atoms with Crippen molar-refractivity contribution in [3.63, 3.8) is 0 Å². The molecule has 0 aromatic heterocycles. The topological polar surface area (TPSA) is 79.0 Å². The second kappa shape index (κ2) is 10.3. The fourth-order valence-corrected chi connectivity index (χ4v) is 4.36. The van der Waals surface area contributed by atoms with Gasteiger partial charge in [0.15, 0.2) is 6.61 Å². The standard InChI is InChI=1S/C24H33N3O4S/c1-18-6-5-15-27(16-18)22-9-7-20(8-10-22)19(2)25-24(28)17-31-23-13-11-21(12-14-23)26(3)32(4,29)30/h7-14,18-19H,5-6,15-17H2,1-4H3,(H,25,28)/t18-,19+/m0/s1. The molecule has 0 radical (unpaired) electrons. The third-order valence-corrected chi connectivity index (χ3v) is 7.07. The number of benzene rings is 2. The third-order valence-electron chi connectivity index (χ3n) is 5.86. The van der Waals surface area contributed by atoms with E-state index in [4.69, 9.17) is 4.74 Å². The average Bonchev–Trinajstić information content (AvgIpc) is 2.77. The Hall–Kier alpha value is -2.74. The molecule has 1 aliphatic heterocycles. The van der Waals surface area contributed by atoms with Crippen LogP contribution >= 0.6 is 0 Å². The molecule has 1 saturated heterocycles. The SMILES string of the molecule is C[C@H]1CCCN(c2ccc([C@@H](C)NC(=O)COc3ccc(N(C)S(C)(=O)=O)cc3)cc2)C1. The lowest BCUT2D eigenvalue weighted by Crippen LogP contribution is -2.34. The van der Waals surface area contributed by atoms with E-state index in [9.17, 15) is 13.2 Å². The molecule has 32 heavy (non-hydrogen) atoms. The van der Waals surface area contributed by atoms with E-state index >= 15 is 0 Å². The molecule has 2 aromatic rings. The van der Waals surface area contributed by atoms with Gasteiger partial charge in [0.2, 0.25) is 10.0 Å². The summed E-state index contributed by atoms with van der Waals surface area (Å²) in [7, 11) is -1.83. The number of piperidine rings is 1. The smallest absolute Gasteiger partial charge is 0.258 e. The predicted octanol–water partition coefficient (Wildman–Crippen LogP) is 3.57. The van der Waals surface area contributed by atoms with Crippen LogP contribution in [-0.2, 0) is 14.8 Å². The first-order valence-electron chi connectivity index (χ1n) is 10.9. The quantitative estimate of drug-likeness (QED) is 0.653. The van der Waals surface area contributed by atoms with Crippen molar-refractivity contribution in [1.29, 1.82) is 0 Å².